The van der Waals surface area contributed by atoms with Crippen LogP contribution in [0.5, 0.6) is 5.75 Å². The van der Waals surface area contributed by atoms with E-state index in [9.17, 15) is 8.78 Å². The van der Waals surface area contributed by atoms with Gasteiger partial charge >= 0.3 is 0 Å². The van der Waals surface area contributed by atoms with E-state index in [-0.39, 0.29) is 27.3 Å². The maximum Gasteiger partial charge on any atom is 0.163 e. The topological polar surface area (TPSA) is 30.8 Å². The van der Waals surface area contributed by atoms with Crippen LogP contribution in [-0.2, 0) is 4.84 Å². The minimum atomic E-state index is -0.920. The smallest absolute Gasteiger partial charge is 0.163 e. The van der Waals surface area contributed by atoms with Gasteiger partial charge in [-0.25, -0.2) is 8.78 Å². The zero-order chi connectivity index (χ0) is 14.9. The van der Waals surface area contributed by atoms with E-state index in [0.717, 1.165) is 5.04 Å². The van der Waals surface area contributed by atoms with E-state index >= 15 is 0 Å². The van der Waals surface area contributed by atoms with Crippen molar-refractivity contribution in [1.82, 2.24) is 0 Å². The van der Waals surface area contributed by atoms with E-state index in [4.69, 9.17) is 32.8 Å². The quantitative estimate of drug-likeness (QED) is 0.581. The molecule has 1 aromatic rings. The maximum atomic E-state index is 13.3. The van der Waals surface area contributed by atoms with Crippen molar-refractivity contribution in [3.63, 3.8) is 0 Å². The predicted octanol–water partition coefficient (Wildman–Crippen LogP) is 4.85. The first-order valence-corrected chi connectivity index (χ1v) is 7.38. The minimum absolute atomic E-state index is 0.0700. The first-order chi connectivity index (χ1) is 9.30. The lowest BCUT2D eigenvalue weighted by atomic mass is 10.1. The average Bonchev–Trinajstić information content (AvgIpc) is 2.71. The molecule has 0 saturated heterocycles. The number of hydrogen-bond acceptors (Lipinski definition) is 4. The fourth-order valence-corrected chi connectivity index (χ4v) is 2.82. The first-order valence-electron chi connectivity index (χ1n) is 5.64. The number of ether oxygens (including phenoxy) is 1. The van der Waals surface area contributed by atoms with Crippen LogP contribution in [0.4, 0.5) is 8.78 Å². The molecule has 1 heterocycles. The van der Waals surface area contributed by atoms with Gasteiger partial charge in [0.25, 0.3) is 0 Å². The molecule has 0 aliphatic carbocycles. The Morgan fingerprint density at radius 2 is 1.95 bits per heavy atom. The molecule has 20 heavy (non-hydrogen) atoms. The molecule has 0 atom stereocenters. The fourth-order valence-electron chi connectivity index (χ4n) is 1.51. The third-order valence-electron chi connectivity index (χ3n) is 2.47. The number of halogens is 4. The normalized spacial score (nSPS) is 16.8. The Morgan fingerprint density at radius 3 is 2.45 bits per heavy atom. The molecule has 0 unspecified atom stereocenters. The first kappa shape index (κ1) is 15.7. The molecule has 110 valence electrons. The van der Waals surface area contributed by atoms with Gasteiger partial charge in [0.05, 0.1) is 0 Å². The lowest BCUT2D eigenvalue weighted by molar-refractivity contribution is 0.0123. The Bertz CT molecular complexity index is 541. The molecule has 0 saturated carbocycles. The van der Waals surface area contributed by atoms with Crippen molar-refractivity contribution in [2.75, 3.05) is 5.94 Å². The maximum absolute atomic E-state index is 13.3. The highest BCUT2D eigenvalue weighted by Crippen LogP contribution is 2.37. The van der Waals surface area contributed by atoms with Crippen molar-refractivity contribution in [1.29, 1.82) is 0 Å². The van der Waals surface area contributed by atoms with Crippen LogP contribution in [0.1, 0.15) is 20.3 Å². The summed E-state index contributed by atoms with van der Waals surface area (Å²) in [7, 11) is 0. The molecule has 0 radical (unpaired) electrons. The van der Waals surface area contributed by atoms with Crippen LogP contribution in [0.3, 0.4) is 0 Å². The van der Waals surface area contributed by atoms with Crippen molar-refractivity contribution in [3.05, 3.63) is 27.7 Å². The number of rotatable bonds is 3. The van der Waals surface area contributed by atoms with Gasteiger partial charge in [-0.15, -0.1) is 0 Å². The molecule has 0 spiro atoms. The highest BCUT2D eigenvalue weighted by Gasteiger charge is 2.29. The van der Waals surface area contributed by atoms with Gasteiger partial charge in [-0.05, 0) is 13.8 Å². The number of oxime groups is 1. The lowest BCUT2D eigenvalue weighted by Crippen LogP contribution is -2.18. The second-order valence-corrected chi connectivity index (χ2v) is 6.47. The second kappa shape index (κ2) is 5.95. The summed E-state index contributed by atoms with van der Waals surface area (Å²) in [5.41, 5.74) is -0.345. The molecule has 3 nitrogen and oxygen atoms in total. The van der Waals surface area contributed by atoms with Gasteiger partial charge in [0, 0.05) is 12.5 Å². The number of benzene rings is 1. The standard InChI is InChI=1S/C12H11Cl2F2NO2S/c1-12(2)4-8(17-19-12)20-5-18-11-9(13)6(15)3-7(16)10(11)14/h3H,4-5H2,1-2H3. The number of hydrogen-bond donors (Lipinski definition) is 0. The van der Waals surface area contributed by atoms with E-state index in [1.165, 1.54) is 11.8 Å². The van der Waals surface area contributed by atoms with Crippen LogP contribution in [0.2, 0.25) is 10.0 Å². The zero-order valence-corrected chi connectivity index (χ0v) is 13.0. The Labute approximate surface area is 129 Å². The molecular weight excluding hydrogens is 331 g/mol. The highest BCUT2D eigenvalue weighted by molar-refractivity contribution is 8.13. The summed E-state index contributed by atoms with van der Waals surface area (Å²) in [6, 6.07) is 0.613. The highest BCUT2D eigenvalue weighted by atomic mass is 35.5. The summed E-state index contributed by atoms with van der Waals surface area (Å²) >= 11 is 12.6. The summed E-state index contributed by atoms with van der Waals surface area (Å²) in [5, 5.41) is 3.93. The summed E-state index contributed by atoms with van der Waals surface area (Å²) in [6.07, 6.45) is 0.639. The van der Waals surface area contributed by atoms with E-state index < -0.39 is 11.6 Å². The van der Waals surface area contributed by atoms with Gasteiger partial charge < -0.3 is 9.57 Å². The summed E-state index contributed by atoms with van der Waals surface area (Å²) in [5.74, 6) is -1.98. The molecule has 1 aromatic carbocycles. The SMILES string of the molecule is CC1(C)CC(SCOc2c(Cl)c(F)cc(F)c2Cl)=NO1. The largest absolute Gasteiger partial charge is 0.479 e. The molecule has 8 heteroatoms. The Hall–Kier alpha value is -0.720. The second-order valence-electron chi connectivity index (χ2n) is 4.72. The van der Waals surface area contributed by atoms with Crippen LogP contribution in [-0.4, -0.2) is 16.6 Å². The lowest BCUT2D eigenvalue weighted by Gasteiger charge is -2.13. The van der Waals surface area contributed by atoms with Gasteiger partial charge in [-0.2, -0.15) is 0 Å². The van der Waals surface area contributed by atoms with E-state index in [2.05, 4.69) is 5.16 Å². The van der Waals surface area contributed by atoms with Crippen molar-refractivity contribution in [2.24, 2.45) is 5.16 Å². The van der Waals surface area contributed by atoms with Crippen LogP contribution < -0.4 is 4.74 Å². The molecule has 1 aliphatic heterocycles. The summed E-state index contributed by atoms with van der Waals surface area (Å²) < 4.78 is 31.8. The Kier molecular flexibility index (Phi) is 4.66. The molecule has 0 N–H and O–H groups in total. The zero-order valence-electron chi connectivity index (χ0n) is 10.7. The molecular formula is C12H11Cl2F2NO2S. The third kappa shape index (κ3) is 3.48. The molecule has 0 bridgehead atoms. The summed E-state index contributed by atoms with van der Waals surface area (Å²) in [6.45, 7) is 3.81. The molecule has 0 aromatic heterocycles. The van der Waals surface area contributed by atoms with Crippen LogP contribution in [0.25, 0.3) is 0 Å². The minimum Gasteiger partial charge on any atom is -0.479 e. The fraction of sp³-hybridized carbons (Fsp3) is 0.417. The average molecular weight is 342 g/mol. The Morgan fingerprint density at radius 1 is 1.35 bits per heavy atom. The molecule has 0 fully saturated rings. The van der Waals surface area contributed by atoms with Crippen molar-refractivity contribution < 1.29 is 18.4 Å². The number of nitrogens with zero attached hydrogens (tertiary/aromatic N) is 1. The van der Waals surface area contributed by atoms with Crippen molar-refractivity contribution >= 4 is 40.0 Å². The van der Waals surface area contributed by atoms with Gasteiger partial charge in [0.15, 0.2) is 5.75 Å². The van der Waals surface area contributed by atoms with Gasteiger partial charge in [0.1, 0.15) is 38.3 Å². The third-order valence-corrected chi connectivity index (χ3v) is 3.96. The van der Waals surface area contributed by atoms with Crippen LogP contribution >= 0.6 is 35.0 Å². The van der Waals surface area contributed by atoms with Crippen LogP contribution in [0, 0.1) is 11.6 Å². The monoisotopic (exact) mass is 341 g/mol. The van der Waals surface area contributed by atoms with Gasteiger partial charge in [-0.1, -0.05) is 40.1 Å². The van der Waals surface area contributed by atoms with Gasteiger partial charge in [-0.3, -0.25) is 0 Å². The van der Waals surface area contributed by atoms with E-state index in [1.807, 2.05) is 13.8 Å². The van der Waals surface area contributed by atoms with E-state index in [1.54, 1.807) is 0 Å². The summed E-state index contributed by atoms with van der Waals surface area (Å²) in [4.78, 5) is 5.18. The predicted molar refractivity (Wildman–Crippen MR) is 76.7 cm³/mol. The molecule has 0 amide bonds. The number of thioether (sulfide) groups is 1. The van der Waals surface area contributed by atoms with Crippen molar-refractivity contribution in [3.8, 4) is 5.75 Å². The Balaban J connectivity index is 1.99. The molecule has 1 aliphatic rings. The van der Waals surface area contributed by atoms with Crippen molar-refractivity contribution in [2.45, 2.75) is 25.9 Å². The van der Waals surface area contributed by atoms with Gasteiger partial charge in [0.2, 0.25) is 0 Å². The molecule has 2 rings (SSSR count). The van der Waals surface area contributed by atoms with Crippen LogP contribution in [0.15, 0.2) is 11.2 Å². The van der Waals surface area contributed by atoms with E-state index in [0.29, 0.717) is 12.5 Å².